The maximum Gasteiger partial charge on any atom is 0.472 e. The molecular formula is C51H89O13P. The van der Waals surface area contributed by atoms with Gasteiger partial charge in [0, 0.05) is 12.8 Å². The minimum Gasteiger partial charge on any atom is -0.462 e. The number of hydrogen-bond donors (Lipinski definition) is 6. The Morgan fingerprint density at radius 1 is 0.477 bits per heavy atom. The first-order valence-corrected chi connectivity index (χ1v) is 26.6. The zero-order chi connectivity index (χ0) is 47.8. The Morgan fingerprint density at radius 3 is 1.37 bits per heavy atom. The molecule has 8 atom stereocenters. The monoisotopic (exact) mass is 941 g/mol. The van der Waals surface area contributed by atoms with Gasteiger partial charge < -0.3 is 39.9 Å². The first-order chi connectivity index (χ1) is 31.4. The van der Waals surface area contributed by atoms with Crippen LogP contribution in [0.3, 0.4) is 0 Å². The Bertz CT molecular complexity index is 1370. The third-order valence-electron chi connectivity index (χ3n) is 11.3. The van der Waals surface area contributed by atoms with Crippen molar-refractivity contribution < 1.29 is 63.1 Å². The van der Waals surface area contributed by atoms with Crippen molar-refractivity contribution in [3.05, 3.63) is 60.8 Å². The lowest BCUT2D eigenvalue weighted by Crippen LogP contribution is -2.64. The maximum atomic E-state index is 12.8. The van der Waals surface area contributed by atoms with Crippen molar-refractivity contribution >= 4 is 19.8 Å². The highest BCUT2D eigenvalue weighted by atomic mass is 31.2. The van der Waals surface area contributed by atoms with Crippen LogP contribution in [0.4, 0.5) is 0 Å². The SMILES string of the molecule is CCCC/C=C/CCCCCCCCCCCC(=O)O[C@@H](COC(=O)CCC/C=C/C/C=C/C/C=C/C/C=C/CCCCCCCCC)COP(=O)(O)OC1C(O)C(O)C(O)[C@H](O)C1O. The maximum absolute atomic E-state index is 12.8. The van der Waals surface area contributed by atoms with Crippen molar-refractivity contribution in [2.75, 3.05) is 13.2 Å². The number of phosphoric ester groups is 1. The summed E-state index contributed by atoms with van der Waals surface area (Å²) >= 11 is 0. The summed E-state index contributed by atoms with van der Waals surface area (Å²) in [5.41, 5.74) is 0. The summed E-state index contributed by atoms with van der Waals surface area (Å²) in [6.45, 7) is 3.23. The molecule has 1 aliphatic carbocycles. The molecule has 0 aromatic rings. The predicted octanol–water partition coefficient (Wildman–Crippen LogP) is 10.5. The Balaban J connectivity index is 2.46. The zero-order valence-electron chi connectivity index (χ0n) is 40.0. The molecular weight excluding hydrogens is 852 g/mol. The van der Waals surface area contributed by atoms with Crippen molar-refractivity contribution in [2.45, 2.75) is 236 Å². The quantitative estimate of drug-likeness (QED) is 0.0146. The average molecular weight is 941 g/mol. The molecule has 0 saturated heterocycles. The van der Waals surface area contributed by atoms with Crippen LogP contribution >= 0.6 is 7.82 Å². The van der Waals surface area contributed by atoms with Gasteiger partial charge in [-0.1, -0.05) is 171 Å². The fourth-order valence-corrected chi connectivity index (χ4v) is 8.23. The molecule has 13 nitrogen and oxygen atoms in total. The van der Waals surface area contributed by atoms with Gasteiger partial charge in [-0.2, -0.15) is 0 Å². The van der Waals surface area contributed by atoms with Gasteiger partial charge in [-0.15, -0.1) is 0 Å². The largest absolute Gasteiger partial charge is 0.472 e. The topological polar surface area (TPSA) is 210 Å². The number of carbonyl (C=O) groups excluding carboxylic acids is 2. The molecule has 0 heterocycles. The molecule has 6 N–H and O–H groups in total. The summed E-state index contributed by atoms with van der Waals surface area (Å²) in [5, 5.41) is 50.2. The fourth-order valence-electron chi connectivity index (χ4n) is 7.26. The summed E-state index contributed by atoms with van der Waals surface area (Å²) in [7, 11) is -5.14. The first-order valence-electron chi connectivity index (χ1n) is 25.1. The molecule has 14 heteroatoms. The lowest BCUT2D eigenvalue weighted by atomic mass is 9.85. The van der Waals surface area contributed by atoms with Crippen LogP contribution in [-0.2, 0) is 32.7 Å². The number of ether oxygens (including phenoxy) is 2. The molecule has 0 amide bonds. The lowest BCUT2D eigenvalue weighted by Gasteiger charge is -2.41. The minimum absolute atomic E-state index is 0.0807. The lowest BCUT2D eigenvalue weighted by molar-refractivity contribution is -0.220. The van der Waals surface area contributed by atoms with Crippen LogP contribution < -0.4 is 0 Å². The number of phosphoric acid groups is 1. The number of allylic oxidation sites excluding steroid dienone is 10. The van der Waals surface area contributed by atoms with E-state index in [4.69, 9.17) is 18.5 Å². The molecule has 0 spiro atoms. The van der Waals surface area contributed by atoms with Gasteiger partial charge in [0.2, 0.25) is 0 Å². The van der Waals surface area contributed by atoms with Gasteiger partial charge in [-0.05, 0) is 70.6 Å². The minimum atomic E-state index is -5.14. The predicted molar refractivity (Wildman–Crippen MR) is 258 cm³/mol. The molecule has 6 unspecified atom stereocenters. The molecule has 0 bridgehead atoms. The van der Waals surface area contributed by atoms with Crippen LogP contribution in [0.15, 0.2) is 60.8 Å². The summed E-state index contributed by atoms with van der Waals surface area (Å²) in [5.74, 6) is -1.17. The van der Waals surface area contributed by atoms with Crippen molar-refractivity contribution in [1.29, 1.82) is 0 Å². The fraction of sp³-hybridized carbons (Fsp3) is 0.765. The van der Waals surface area contributed by atoms with E-state index in [9.17, 15) is 44.6 Å². The van der Waals surface area contributed by atoms with Gasteiger partial charge in [0.25, 0.3) is 0 Å². The Hall–Kier alpha value is -2.45. The van der Waals surface area contributed by atoms with Gasteiger partial charge in [0.05, 0.1) is 6.61 Å². The molecule has 1 aliphatic rings. The van der Waals surface area contributed by atoms with Crippen molar-refractivity contribution in [2.24, 2.45) is 0 Å². The van der Waals surface area contributed by atoms with E-state index in [1.54, 1.807) is 0 Å². The van der Waals surface area contributed by atoms with Crippen LogP contribution in [-0.4, -0.2) is 98.3 Å². The van der Waals surface area contributed by atoms with Gasteiger partial charge in [-0.3, -0.25) is 18.6 Å². The van der Waals surface area contributed by atoms with Crippen molar-refractivity contribution in [1.82, 2.24) is 0 Å². The number of esters is 2. The van der Waals surface area contributed by atoms with Gasteiger partial charge >= 0.3 is 19.8 Å². The number of aliphatic hydroxyl groups excluding tert-OH is 5. The van der Waals surface area contributed by atoms with Crippen LogP contribution in [0.25, 0.3) is 0 Å². The Labute approximate surface area is 392 Å². The molecule has 1 fully saturated rings. The van der Waals surface area contributed by atoms with Gasteiger partial charge in [0.15, 0.2) is 6.10 Å². The summed E-state index contributed by atoms with van der Waals surface area (Å²) < 4.78 is 33.5. The molecule has 65 heavy (non-hydrogen) atoms. The van der Waals surface area contributed by atoms with E-state index in [1.165, 1.54) is 89.9 Å². The van der Waals surface area contributed by atoms with Crippen LogP contribution in [0, 0.1) is 0 Å². The Kier molecular flexibility index (Phi) is 37.8. The molecule has 0 aromatic carbocycles. The van der Waals surface area contributed by atoms with Crippen LogP contribution in [0.5, 0.6) is 0 Å². The standard InChI is InChI=1S/C51H89O13P/c1-3-5-7-9-11-13-15-17-19-20-21-22-23-24-26-27-29-31-33-35-37-39-44(52)61-41-43(42-62-65(59,60)64-51-49(57)47(55)46(54)48(56)50(51)58)63-45(53)40-38-36-34-32-30-28-25-18-16-14-12-10-8-6-4-2/h10,12,19-20,22-23,26-27,31,33,43,46-51,54-58H,3-9,11,13-18,21,24-25,28-30,32,34-42H2,1-2H3,(H,59,60)/b12-10+,20-19+,23-22+,27-26+,33-31+/t43-,46?,47-,48?,49?,50?,51?/m0/s1. The van der Waals surface area contributed by atoms with E-state index in [0.717, 1.165) is 57.8 Å². The van der Waals surface area contributed by atoms with E-state index >= 15 is 0 Å². The van der Waals surface area contributed by atoms with Crippen molar-refractivity contribution in [3.8, 4) is 0 Å². The van der Waals surface area contributed by atoms with Gasteiger partial charge in [-0.25, -0.2) is 4.57 Å². The molecule has 376 valence electrons. The number of rotatable bonds is 41. The third kappa shape index (κ3) is 32.8. The van der Waals surface area contributed by atoms with E-state index in [0.29, 0.717) is 19.3 Å². The molecule has 0 aliphatic heterocycles. The normalized spacial score (nSPS) is 21.9. The van der Waals surface area contributed by atoms with E-state index in [1.807, 2.05) is 12.2 Å². The third-order valence-corrected chi connectivity index (χ3v) is 12.3. The number of aliphatic hydroxyl groups is 5. The summed E-state index contributed by atoms with van der Waals surface area (Å²) in [4.78, 5) is 35.8. The molecule has 1 rings (SSSR count). The summed E-state index contributed by atoms with van der Waals surface area (Å²) in [6.07, 6.45) is 37.1. The second-order valence-corrected chi connectivity index (χ2v) is 18.7. The highest BCUT2D eigenvalue weighted by Crippen LogP contribution is 2.47. The molecule has 0 aromatic heterocycles. The number of unbranched alkanes of at least 4 members (excludes halogenated alkanes) is 19. The van der Waals surface area contributed by atoms with E-state index < -0.39 is 75.7 Å². The number of carbonyl (C=O) groups is 2. The number of hydrogen-bond acceptors (Lipinski definition) is 12. The van der Waals surface area contributed by atoms with Gasteiger partial charge in [0.1, 0.15) is 43.2 Å². The second kappa shape index (κ2) is 40.6. The Morgan fingerprint density at radius 2 is 0.862 bits per heavy atom. The average Bonchev–Trinajstić information content (AvgIpc) is 3.29. The van der Waals surface area contributed by atoms with Crippen LogP contribution in [0.2, 0.25) is 0 Å². The summed E-state index contributed by atoms with van der Waals surface area (Å²) in [6, 6.07) is 0. The second-order valence-electron chi connectivity index (χ2n) is 17.3. The molecule has 0 radical (unpaired) electrons. The zero-order valence-corrected chi connectivity index (χ0v) is 40.9. The smallest absolute Gasteiger partial charge is 0.462 e. The van der Waals surface area contributed by atoms with Crippen LogP contribution in [0.1, 0.15) is 194 Å². The highest BCUT2D eigenvalue weighted by Gasteiger charge is 2.51. The van der Waals surface area contributed by atoms with Crippen molar-refractivity contribution in [3.63, 3.8) is 0 Å². The first kappa shape index (κ1) is 60.6. The highest BCUT2D eigenvalue weighted by molar-refractivity contribution is 7.47. The van der Waals surface area contributed by atoms with E-state index in [-0.39, 0.29) is 12.8 Å². The van der Waals surface area contributed by atoms with E-state index in [2.05, 4.69) is 62.5 Å². The molecule has 1 saturated carbocycles.